The Morgan fingerprint density at radius 1 is 1.00 bits per heavy atom. The molecule has 0 saturated heterocycles. The van der Waals surface area contributed by atoms with Gasteiger partial charge in [0.05, 0.1) is 17.3 Å². The van der Waals surface area contributed by atoms with E-state index < -0.39 is 32.8 Å². The molecule has 8 nitrogen and oxygen atoms in total. The summed E-state index contributed by atoms with van der Waals surface area (Å²) in [7, 11) is -4.30. The average Bonchev–Trinajstić information content (AvgIpc) is 3.34. The molecule has 4 fully saturated rings. The predicted octanol–water partition coefficient (Wildman–Crippen LogP) is 5.21. The van der Waals surface area contributed by atoms with Crippen LogP contribution in [0.5, 0.6) is 0 Å². The monoisotopic (exact) mass is 564 g/mol. The van der Waals surface area contributed by atoms with E-state index in [1.54, 1.807) is 0 Å². The van der Waals surface area contributed by atoms with Gasteiger partial charge in [-0.15, -0.1) is 4.33 Å². The SMILES string of the molecule is CC1(C)C2CCC1(CS(=O)(=O)O)C(=O)C2=Cc1ccc(C=C2C3CCC(CSOOO)(C2O)C3(C)C)cc1. The molecule has 1 aromatic rings. The van der Waals surface area contributed by atoms with Crippen molar-refractivity contribution in [1.82, 2.24) is 0 Å². The maximum Gasteiger partial charge on any atom is 0.265 e. The number of fused-ring (bicyclic) bond motifs is 4. The van der Waals surface area contributed by atoms with E-state index in [0.29, 0.717) is 17.7 Å². The summed E-state index contributed by atoms with van der Waals surface area (Å²) in [5.74, 6) is -0.0478. The van der Waals surface area contributed by atoms with Gasteiger partial charge in [0.1, 0.15) is 0 Å². The van der Waals surface area contributed by atoms with Gasteiger partial charge in [0.15, 0.2) is 5.78 Å². The van der Waals surface area contributed by atoms with Gasteiger partial charge >= 0.3 is 0 Å². The van der Waals surface area contributed by atoms with E-state index in [4.69, 9.17) is 5.26 Å². The van der Waals surface area contributed by atoms with Crippen LogP contribution < -0.4 is 0 Å². The van der Waals surface area contributed by atoms with Gasteiger partial charge in [-0.3, -0.25) is 9.35 Å². The van der Waals surface area contributed by atoms with Crippen molar-refractivity contribution < 1.29 is 37.5 Å². The molecular formula is C28H36O8S2. The first kappa shape index (κ1) is 28.0. The van der Waals surface area contributed by atoms with E-state index in [1.165, 1.54) is 0 Å². The van der Waals surface area contributed by atoms with Crippen LogP contribution >= 0.6 is 12.0 Å². The number of carbonyl (C=O) groups excluding carboxylic acids is 1. The van der Waals surface area contributed by atoms with Gasteiger partial charge < -0.3 is 5.11 Å². The second-order valence-electron chi connectivity index (χ2n) is 12.6. The molecule has 0 aliphatic heterocycles. The lowest BCUT2D eigenvalue weighted by molar-refractivity contribution is -0.432. The number of benzene rings is 1. The third-order valence-corrected chi connectivity index (χ3v) is 12.4. The largest absolute Gasteiger partial charge is 0.388 e. The molecule has 3 N–H and O–H groups in total. The van der Waals surface area contributed by atoms with Gasteiger partial charge in [0.2, 0.25) is 0 Å². The fourth-order valence-corrected chi connectivity index (χ4v) is 10.6. The van der Waals surface area contributed by atoms with E-state index >= 15 is 0 Å². The van der Waals surface area contributed by atoms with Crippen LogP contribution in [0.15, 0.2) is 35.4 Å². The van der Waals surface area contributed by atoms with Crippen LogP contribution in [0.1, 0.15) is 64.5 Å². The third-order valence-electron chi connectivity index (χ3n) is 10.7. The van der Waals surface area contributed by atoms with Crippen LogP contribution in [0, 0.1) is 33.5 Å². The Morgan fingerprint density at radius 2 is 1.61 bits per heavy atom. The topological polar surface area (TPSA) is 130 Å². The smallest absolute Gasteiger partial charge is 0.265 e. The maximum atomic E-state index is 13.5. The zero-order valence-electron chi connectivity index (χ0n) is 22.1. The molecule has 4 saturated carbocycles. The van der Waals surface area contributed by atoms with Crippen LogP contribution in [0.4, 0.5) is 0 Å². The minimum atomic E-state index is -4.30. The molecule has 38 heavy (non-hydrogen) atoms. The molecular weight excluding hydrogens is 528 g/mol. The molecule has 0 aromatic heterocycles. The van der Waals surface area contributed by atoms with Gasteiger partial charge in [-0.05, 0) is 71.1 Å². The number of ketones is 1. The molecule has 1 aromatic carbocycles. The normalized spacial score (nSPS) is 37.1. The molecule has 0 spiro atoms. The lowest BCUT2D eigenvalue weighted by Gasteiger charge is -2.39. The Morgan fingerprint density at radius 3 is 2.21 bits per heavy atom. The molecule has 5 unspecified atom stereocenters. The highest BCUT2D eigenvalue weighted by Crippen LogP contribution is 2.69. The minimum absolute atomic E-state index is 0.0563. The number of hydrogen-bond donors (Lipinski definition) is 3. The van der Waals surface area contributed by atoms with Crippen molar-refractivity contribution in [3.8, 4) is 0 Å². The molecule has 4 bridgehead atoms. The summed E-state index contributed by atoms with van der Waals surface area (Å²) in [5.41, 5.74) is 1.25. The number of rotatable bonds is 8. The molecule has 4 aliphatic rings. The zero-order chi connectivity index (χ0) is 27.7. The van der Waals surface area contributed by atoms with Crippen LogP contribution in [0.25, 0.3) is 12.2 Å². The summed E-state index contributed by atoms with van der Waals surface area (Å²) in [5, 5.41) is 23.6. The summed E-state index contributed by atoms with van der Waals surface area (Å²) in [4.78, 5) is 13.5. The second-order valence-corrected chi connectivity index (χ2v) is 14.8. The Labute approximate surface area is 228 Å². The van der Waals surface area contributed by atoms with Crippen LogP contribution in [0.3, 0.4) is 0 Å². The summed E-state index contributed by atoms with van der Waals surface area (Å²) >= 11 is 0.999. The molecule has 4 aliphatic carbocycles. The number of carbonyl (C=O) groups is 1. The first-order valence-electron chi connectivity index (χ1n) is 13.0. The standard InChI is InChI=1S/C28H36O8S2/c1-25(2)21-9-11-27(25,15-37-36-35-31)23(29)19(21)13-17-5-7-18(8-6-17)14-20-22-10-12-28(24(20)30,26(22,3)4)16-38(32,33)34/h5-8,13-14,21-23,29,31H,9-12,15-16H2,1-4H3,(H,32,33,34). The number of Topliss-reactive ketones (excluding diaryl/α,β-unsaturated/α-hetero) is 1. The van der Waals surface area contributed by atoms with Gasteiger partial charge in [-0.2, -0.15) is 8.42 Å². The van der Waals surface area contributed by atoms with Crippen molar-refractivity contribution in [2.45, 2.75) is 59.5 Å². The van der Waals surface area contributed by atoms with Crippen molar-refractivity contribution >= 4 is 40.1 Å². The van der Waals surface area contributed by atoms with Crippen molar-refractivity contribution in [3.63, 3.8) is 0 Å². The van der Waals surface area contributed by atoms with Gasteiger partial charge in [-0.25, -0.2) is 5.26 Å². The van der Waals surface area contributed by atoms with Crippen LogP contribution in [-0.2, 0) is 24.3 Å². The molecule has 0 radical (unpaired) electrons. The Balaban J connectivity index is 1.40. The molecule has 5 rings (SSSR count). The van der Waals surface area contributed by atoms with E-state index in [9.17, 15) is 22.9 Å². The minimum Gasteiger partial charge on any atom is -0.388 e. The molecule has 5 atom stereocenters. The van der Waals surface area contributed by atoms with Gasteiger partial charge in [0, 0.05) is 28.8 Å². The fraction of sp³-hybridized carbons (Fsp3) is 0.607. The predicted molar refractivity (Wildman–Crippen MR) is 145 cm³/mol. The number of allylic oxidation sites excluding steroid dienone is 1. The Kier molecular flexibility index (Phi) is 6.83. The zero-order valence-corrected chi connectivity index (χ0v) is 23.8. The third kappa shape index (κ3) is 3.98. The van der Waals surface area contributed by atoms with Crippen molar-refractivity contribution in [2.24, 2.45) is 33.5 Å². The van der Waals surface area contributed by atoms with Crippen LogP contribution in [0.2, 0.25) is 0 Å². The first-order chi connectivity index (χ1) is 17.7. The summed E-state index contributed by atoms with van der Waals surface area (Å²) < 4.78 is 37.8. The second kappa shape index (κ2) is 9.26. The van der Waals surface area contributed by atoms with Crippen molar-refractivity contribution in [2.75, 3.05) is 11.5 Å². The fourth-order valence-electron chi connectivity index (χ4n) is 8.34. The summed E-state index contributed by atoms with van der Waals surface area (Å²) in [6.45, 7) is 8.21. The average molecular weight is 565 g/mol. The first-order valence-corrected chi connectivity index (χ1v) is 15.5. The van der Waals surface area contributed by atoms with E-state index in [2.05, 4.69) is 29.3 Å². The quantitative estimate of drug-likeness (QED) is 0.0972. The lowest BCUT2D eigenvalue weighted by atomic mass is 9.70. The van der Waals surface area contributed by atoms with Gasteiger partial charge in [0.25, 0.3) is 10.1 Å². The van der Waals surface area contributed by atoms with E-state index in [0.717, 1.165) is 48.0 Å². The van der Waals surface area contributed by atoms with Crippen molar-refractivity contribution in [1.29, 1.82) is 0 Å². The number of hydrogen-bond acceptors (Lipinski definition) is 8. The highest BCUT2D eigenvalue weighted by atomic mass is 32.2. The molecule has 0 heterocycles. The Bertz CT molecular complexity index is 1300. The number of aliphatic hydroxyl groups is 1. The van der Waals surface area contributed by atoms with E-state index in [-0.39, 0.29) is 28.4 Å². The molecule has 10 heteroatoms. The summed E-state index contributed by atoms with van der Waals surface area (Å²) in [6.07, 6.45) is 6.28. The maximum absolute atomic E-state index is 13.5. The lowest BCUT2D eigenvalue weighted by Crippen LogP contribution is -2.42. The molecule has 208 valence electrons. The number of aliphatic hydroxyl groups excluding tert-OH is 1. The Hall–Kier alpha value is -1.53. The summed E-state index contributed by atoms with van der Waals surface area (Å²) in [6, 6.07) is 7.80. The molecule has 0 amide bonds. The highest BCUT2D eigenvalue weighted by molar-refractivity contribution is 7.94. The van der Waals surface area contributed by atoms with E-state index in [1.807, 2.05) is 44.2 Å². The van der Waals surface area contributed by atoms with Gasteiger partial charge in [-0.1, -0.05) is 63.1 Å². The van der Waals surface area contributed by atoms with Crippen LogP contribution in [-0.4, -0.2) is 46.7 Å². The van der Waals surface area contributed by atoms with Crippen molar-refractivity contribution in [3.05, 3.63) is 46.5 Å². The highest BCUT2D eigenvalue weighted by Gasteiger charge is 2.68.